The average molecular weight is 1340 g/mol. The van der Waals surface area contributed by atoms with Gasteiger partial charge in [-0.15, -0.1) is 0 Å². The number of phosphoric ester groups is 2. The summed E-state index contributed by atoms with van der Waals surface area (Å²) in [4.78, 5) is 72.4. The molecule has 5 atom stereocenters. The van der Waals surface area contributed by atoms with E-state index >= 15 is 0 Å². The van der Waals surface area contributed by atoms with E-state index in [2.05, 4.69) is 34.6 Å². The maximum absolute atomic E-state index is 13.0. The summed E-state index contributed by atoms with van der Waals surface area (Å²) in [5, 5.41) is 10.6. The van der Waals surface area contributed by atoms with Crippen LogP contribution >= 0.6 is 15.6 Å². The molecule has 0 spiro atoms. The lowest BCUT2D eigenvalue weighted by Gasteiger charge is -2.21. The molecule has 0 radical (unpaired) electrons. The Kier molecular flexibility index (Phi) is 64.0. The van der Waals surface area contributed by atoms with E-state index in [4.69, 9.17) is 37.0 Å². The molecule has 0 aromatic rings. The molecule has 0 saturated heterocycles. The van der Waals surface area contributed by atoms with Gasteiger partial charge in [-0.3, -0.25) is 37.3 Å². The Morgan fingerprint density at radius 2 is 0.505 bits per heavy atom. The van der Waals surface area contributed by atoms with Crippen LogP contribution in [-0.4, -0.2) is 96.7 Å². The first-order valence-corrected chi connectivity index (χ1v) is 40.6. The minimum absolute atomic E-state index is 0.106. The molecule has 0 saturated carbocycles. The van der Waals surface area contributed by atoms with Gasteiger partial charge in [0, 0.05) is 25.7 Å². The summed E-state index contributed by atoms with van der Waals surface area (Å²) in [5.74, 6) is -1.31. The Balaban J connectivity index is 5.17. The number of phosphoric acid groups is 2. The van der Waals surface area contributed by atoms with Gasteiger partial charge < -0.3 is 33.8 Å². The van der Waals surface area contributed by atoms with Crippen LogP contribution in [0.3, 0.4) is 0 Å². The molecule has 0 heterocycles. The molecule has 19 heteroatoms. The Hall–Kier alpha value is -1.94. The molecule has 0 bridgehead atoms. The summed E-state index contributed by atoms with van der Waals surface area (Å²) in [5.41, 5.74) is 0. The van der Waals surface area contributed by atoms with Crippen LogP contribution in [0.4, 0.5) is 0 Å². The molecule has 17 nitrogen and oxygen atoms in total. The van der Waals surface area contributed by atoms with E-state index in [9.17, 15) is 43.2 Å². The summed E-state index contributed by atoms with van der Waals surface area (Å²) in [7, 11) is -9.89. The first-order valence-electron chi connectivity index (χ1n) is 37.6. The average Bonchev–Trinajstić information content (AvgIpc) is 3.42. The van der Waals surface area contributed by atoms with Gasteiger partial charge in [0.05, 0.1) is 26.4 Å². The molecule has 0 amide bonds. The topological polar surface area (TPSA) is 237 Å². The molecular formula is C72H140O17P2. The maximum atomic E-state index is 13.0. The highest BCUT2D eigenvalue weighted by Gasteiger charge is 2.30. The number of carbonyl (C=O) groups is 4. The summed E-state index contributed by atoms with van der Waals surface area (Å²) < 4.78 is 68.2. The van der Waals surface area contributed by atoms with Crippen molar-refractivity contribution in [2.45, 2.75) is 393 Å². The van der Waals surface area contributed by atoms with Crippen LogP contribution in [-0.2, 0) is 65.4 Å². The quantitative estimate of drug-likeness (QED) is 0.0222. The second-order valence-electron chi connectivity index (χ2n) is 26.5. The molecule has 3 N–H and O–H groups in total. The Morgan fingerprint density at radius 1 is 0.297 bits per heavy atom. The zero-order valence-electron chi connectivity index (χ0n) is 59.0. The van der Waals surface area contributed by atoms with Crippen molar-refractivity contribution in [3.63, 3.8) is 0 Å². The molecule has 0 aliphatic heterocycles. The lowest BCUT2D eigenvalue weighted by molar-refractivity contribution is -0.161. The first kappa shape index (κ1) is 89.1. The van der Waals surface area contributed by atoms with E-state index in [-0.39, 0.29) is 25.7 Å². The molecule has 0 fully saturated rings. The van der Waals surface area contributed by atoms with E-state index in [0.717, 1.165) is 109 Å². The number of esters is 4. The Bertz CT molecular complexity index is 1750. The van der Waals surface area contributed by atoms with Crippen molar-refractivity contribution < 1.29 is 80.2 Å². The van der Waals surface area contributed by atoms with Crippen molar-refractivity contribution in [3.05, 3.63) is 0 Å². The molecule has 0 aliphatic rings. The van der Waals surface area contributed by atoms with Gasteiger partial charge >= 0.3 is 39.5 Å². The lowest BCUT2D eigenvalue weighted by Crippen LogP contribution is -2.30. The summed E-state index contributed by atoms with van der Waals surface area (Å²) in [6.45, 7) is 7.25. The molecule has 0 rings (SSSR count). The van der Waals surface area contributed by atoms with Crippen molar-refractivity contribution in [2.75, 3.05) is 39.6 Å². The highest BCUT2D eigenvalue weighted by Crippen LogP contribution is 2.45. The first-order chi connectivity index (χ1) is 44.0. The van der Waals surface area contributed by atoms with Crippen LogP contribution in [0.1, 0.15) is 375 Å². The number of aliphatic hydroxyl groups is 1. The minimum Gasteiger partial charge on any atom is -0.462 e. The van der Waals surface area contributed by atoms with Gasteiger partial charge in [-0.2, -0.15) is 0 Å². The molecule has 2 unspecified atom stereocenters. The van der Waals surface area contributed by atoms with Gasteiger partial charge in [-0.05, 0) is 31.6 Å². The third kappa shape index (κ3) is 66.5. The van der Waals surface area contributed by atoms with E-state index in [1.54, 1.807) is 0 Å². The van der Waals surface area contributed by atoms with Gasteiger partial charge in [-0.25, -0.2) is 9.13 Å². The van der Waals surface area contributed by atoms with Crippen LogP contribution in [0, 0.1) is 5.92 Å². The van der Waals surface area contributed by atoms with Gasteiger partial charge in [0.2, 0.25) is 0 Å². The highest BCUT2D eigenvalue weighted by atomic mass is 31.2. The Labute approximate surface area is 556 Å². The molecule has 0 aliphatic carbocycles. The normalized spacial score (nSPS) is 14.0. The summed E-state index contributed by atoms with van der Waals surface area (Å²) in [6.07, 6.45) is 52.8. The summed E-state index contributed by atoms with van der Waals surface area (Å²) >= 11 is 0. The number of aliphatic hydroxyl groups excluding tert-OH is 1. The molecule has 540 valence electrons. The fraction of sp³-hybridized carbons (Fsp3) is 0.944. The zero-order chi connectivity index (χ0) is 67.0. The molecule has 0 aromatic heterocycles. The monoisotopic (exact) mass is 1340 g/mol. The summed E-state index contributed by atoms with van der Waals surface area (Å²) in [6, 6.07) is 0. The number of unbranched alkanes of at least 4 members (excludes halogenated alkanes) is 44. The second-order valence-corrected chi connectivity index (χ2v) is 29.4. The van der Waals surface area contributed by atoms with Gasteiger partial charge in [0.15, 0.2) is 12.2 Å². The minimum atomic E-state index is -4.95. The second kappa shape index (κ2) is 65.4. The van der Waals surface area contributed by atoms with E-state index in [0.29, 0.717) is 25.7 Å². The SMILES string of the molecule is CCCCCCCCCCCCCCCCCC(=O)OC[C@H](COP(=O)(O)OC[C@@H](O)COP(=O)(O)OC[C@@H](COC(=O)CCCCCCCCC)OC(=O)CCCCCCCCCCCC)OC(=O)CCCCCCCCCCCCCCCCCCC(C)C. The van der Waals surface area contributed by atoms with Crippen molar-refractivity contribution in [1.82, 2.24) is 0 Å². The standard InChI is InChI=1S/C72H140O17P2/c1-6-9-12-15-18-20-22-23-26-30-33-37-41-46-51-56-70(75)83-62-68(89-72(77)58-53-48-43-38-34-31-28-25-24-27-29-32-35-40-44-49-54-65(4)5)64-87-91(80,81)85-60-66(73)59-84-90(78,79)86-63-67(61-82-69(74)55-50-45-39-17-14-11-8-3)88-71(76)57-52-47-42-36-21-19-16-13-10-7-2/h65-68,73H,6-64H2,1-5H3,(H,78,79)(H,80,81)/t66-,67+,68+/m0/s1. The predicted octanol–water partition coefficient (Wildman–Crippen LogP) is 20.9. The fourth-order valence-electron chi connectivity index (χ4n) is 11.0. The smallest absolute Gasteiger partial charge is 0.462 e. The predicted molar refractivity (Wildman–Crippen MR) is 368 cm³/mol. The Morgan fingerprint density at radius 3 is 0.747 bits per heavy atom. The molecule has 0 aromatic carbocycles. The number of hydrogen-bond acceptors (Lipinski definition) is 15. The van der Waals surface area contributed by atoms with Crippen LogP contribution in [0.15, 0.2) is 0 Å². The number of rotatable bonds is 72. The third-order valence-electron chi connectivity index (χ3n) is 16.8. The van der Waals surface area contributed by atoms with Crippen molar-refractivity contribution in [2.24, 2.45) is 5.92 Å². The fourth-order valence-corrected chi connectivity index (χ4v) is 12.6. The van der Waals surface area contributed by atoms with Gasteiger partial charge in [-0.1, -0.05) is 324 Å². The molecule has 91 heavy (non-hydrogen) atoms. The van der Waals surface area contributed by atoms with Crippen molar-refractivity contribution in [3.8, 4) is 0 Å². The number of ether oxygens (including phenoxy) is 4. The lowest BCUT2D eigenvalue weighted by atomic mass is 10.0. The van der Waals surface area contributed by atoms with Gasteiger partial charge in [0.1, 0.15) is 19.3 Å². The highest BCUT2D eigenvalue weighted by molar-refractivity contribution is 7.47. The van der Waals surface area contributed by atoms with E-state index in [1.807, 2.05) is 0 Å². The largest absolute Gasteiger partial charge is 0.472 e. The number of hydrogen-bond donors (Lipinski definition) is 3. The van der Waals surface area contributed by atoms with E-state index < -0.39 is 97.5 Å². The molecular weight excluding hydrogens is 1200 g/mol. The van der Waals surface area contributed by atoms with Crippen LogP contribution < -0.4 is 0 Å². The van der Waals surface area contributed by atoms with Crippen molar-refractivity contribution >= 4 is 39.5 Å². The zero-order valence-corrected chi connectivity index (χ0v) is 60.8. The van der Waals surface area contributed by atoms with Crippen LogP contribution in [0.2, 0.25) is 0 Å². The maximum Gasteiger partial charge on any atom is 0.472 e. The number of carbonyl (C=O) groups excluding carboxylic acids is 4. The van der Waals surface area contributed by atoms with Crippen LogP contribution in [0.25, 0.3) is 0 Å². The van der Waals surface area contributed by atoms with Crippen molar-refractivity contribution in [1.29, 1.82) is 0 Å². The van der Waals surface area contributed by atoms with Crippen LogP contribution in [0.5, 0.6) is 0 Å². The van der Waals surface area contributed by atoms with Gasteiger partial charge in [0.25, 0.3) is 0 Å². The van der Waals surface area contributed by atoms with E-state index in [1.165, 1.54) is 186 Å². The third-order valence-corrected chi connectivity index (χ3v) is 18.7.